The molecule has 5 heteroatoms. The minimum atomic E-state index is -4.09. The number of rotatable bonds is 4. The molecular formula is C11H21F3N2. The lowest BCUT2D eigenvalue weighted by atomic mass is 9.90. The first-order valence-electron chi connectivity index (χ1n) is 5.98. The number of hydrogen-bond donors (Lipinski definition) is 1. The summed E-state index contributed by atoms with van der Waals surface area (Å²) >= 11 is 0. The van der Waals surface area contributed by atoms with Crippen LogP contribution in [0.1, 0.15) is 39.0 Å². The van der Waals surface area contributed by atoms with E-state index in [-0.39, 0.29) is 12.1 Å². The molecule has 2 N–H and O–H groups in total. The first-order chi connectivity index (χ1) is 7.42. The van der Waals surface area contributed by atoms with Crippen LogP contribution in [0.5, 0.6) is 0 Å². The fourth-order valence-corrected chi connectivity index (χ4v) is 2.37. The van der Waals surface area contributed by atoms with Crippen LogP contribution >= 0.6 is 0 Å². The van der Waals surface area contributed by atoms with Gasteiger partial charge in [-0.05, 0) is 38.6 Å². The molecule has 0 unspecified atom stereocenters. The normalized spacial score (nSPS) is 27.4. The standard InChI is InChI=1S/C11H21F3N2/c1-2-7-16(8-11(12,13)14)10-5-3-9(15)4-6-10/h9-10H,2-8,15H2,1H3. The first kappa shape index (κ1) is 13.8. The molecule has 0 aromatic heterocycles. The lowest BCUT2D eigenvalue weighted by molar-refractivity contribution is -0.152. The van der Waals surface area contributed by atoms with Crippen molar-refractivity contribution in [2.24, 2.45) is 5.73 Å². The lowest BCUT2D eigenvalue weighted by Gasteiger charge is -2.36. The van der Waals surface area contributed by atoms with Gasteiger partial charge in [0.1, 0.15) is 0 Å². The lowest BCUT2D eigenvalue weighted by Crippen LogP contribution is -2.45. The Kier molecular flexibility index (Phi) is 5.05. The Hall–Kier alpha value is -0.290. The summed E-state index contributed by atoms with van der Waals surface area (Å²) in [7, 11) is 0. The summed E-state index contributed by atoms with van der Waals surface area (Å²) in [5.41, 5.74) is 5.76. The highest BCUT2D eigenvalue weighted by Gasteiger charge is 2.34. The average Bonchev–Trinajstić information content (AvgIpc) is 2.16. The Morgan fingerprint density at radius 1 is 1.19 bits per heavy atom. The van der Waals surface area contributed by atoms with Gasteiger partial charge in [-0.15, -0.1) is 0 Å². The van der Waals surface area contributed by atoms with E-state index in [0.29, 0.717) is 6.54 Å². The van der Waals surface area contributed by atoms with Crippen LogP contribution in [-0.2, 0) is 0 Å². The fraction of sp³-hybridized carbons (Fsp3) is 1.00. The highest BCUT2D eigenvalue weighted by atomic mass is 19.4. The molecule has 0 atom stereocenters. The molecule has 1 aliphatic rings. The average molecular weight is 238 g/mol. The smallest absolute Gasteiger partial charge is 0.328 e. The molecule has 0 bridgehead atoms. The van der Waals surface area contributed by atoms with Gasteiger partial charge in [0.15, 0.2) is 0 Å². The Morgan fingerprint density at radius 2 is 1.75 bits per heavy atom. The molecule has 0 radical (unpaired) electrons. The minimum absolute atomic E-state index is 0.0707. The zero-order valence-corrected chi connectivity index (χ0v) is 9.76. The molecule has 1 rings (SSSR count). The van der Waals surface area contributed by atoms with E-state index in [1.165, 1.54) is 0 Å². The quantitative estimate of drug-likeness (QED) is 0.815. The van der Waals surface area contributed by atoms with Crippen molar-refractivity contribution < 1.29 is 13.2 Å². The zero-order chi connectivity index (χ0) is 12.2. The van der Waals surface area contributed by atoms with Crippen LogP contribution in [-0.4, -0.2) is 36.2 Å². The van der Waals surface area contributed by atoms with E-state index in [1.54, 1.807) is 4.90 Å². The molecule has 0 spiro atoms. The van der Waals surface area contributed by atoms with Gasteiger partial charge in [-0.3, -0.25) is 4.90 Å². The Morgan fingerprint density at radius 3 is 2.19 bits per heavy atom. The van der Waals surface area contributed by atoms with Gasteiger partial charge >= 0.3 is 6.18 Å². The summed E-state index contributed by atoms with van der Waals surface area (Å²) in [5.74, 6) is 0. The first-order valence-corrected chi connectivity index (χ1v) is 5.98. The van der Waals surface area contributed by atoms with Gasteiger partial charge < -0.3 is 5.73 Å². The maximum Gasteiger partial charge on any atom is 0.401 e. The van der Waals surface area contributed by atoms with E-state index >= 15 is 0 Å². The van der Waals surface area contributed by atoms with Crippen LogP contribution in [0.25, 0.3) is 0 Å². The van der Waals surface area contributed by atoms with Gasteiger partial charge in [-0.25, -0.2) is 0 Å². The minimum Gasteiger partial charge on any atom is -0.328 e. The molecule has 16 heavy (non-hydrogen) atoms. The van der Waals surface area contributed by atoms with E-state index in [4.69, 9.17) is 5.73 Å². The summed E-state index contributed by atoms with van der Waals surface area (Å²) < 4.78 is 37.2. The summed E-state index contributed by atoms with van der Waals surface area (Å²) in [4.78, 5) is 1.58. The van der Waals surface area contributed by atoms with E-state index in [2.05, 4.69) is 0 Å². The molecule has 0 saturated heterocycles. The van der Waals surface area contributed by atoms with Crippen LogP contribution in [0.2, 0.25) is 0 Å². The number of nitrogens with two attached hydrogens (primary N) is 1. The second-order valence-electron chi connectivity index (χ2n) is 4.65. The van der Waals surface area contributed by atoms with Crippen molar-refractivity contribution in [1.82, 2.24) is 4.90 Å². The van der Waals surface area contributed by atoms with Gasteiger partial charge in [0.25, 0.3) is 0 Å². The van der Waals surface area contributed by atoms with Crippen molar-refractivity contribution in [2.45, 2.75) is 57.3 Å². The Balaban J connectivity index is 2.49. The number of hydrogen-bond acceptors (Lipinski definition) is 2. The molecule has 0 aliphatic heterocycles. The molecule has 1 saturated carbocycles. The largest absolute Gasteiger partial charge is 0.401 e. The zero-order valence-electron chi connectivity index (χ0n) is 9.76. The molecular weight excluding hydrogens is 217 g/mol. The highest BCUT2D eigenvalue weighted by Crippen LogP contribution is 2.25. The van der Waals surface area contributed by atoms with Crippen LogP contribution in [0.15, 0.2) is 0 Å². The third kappa shape index (κ3) is 4.70. The van der Waals surface area contributed by atoms with Gasteiger partial charge in [0.05, 0.1) is 6.54 Å². The predicted octanol–water partition coefficient (Wildman–Crippen LogP) is 2.53. The predicted molar refractivity (Wildman–Crippen MR) is 58.2 cm³/mol. The topological polar surface area (TPSA) is 29.3 Å². The maximum absolute atomic E-state index is 12.4. The van der Waals surface area contributed by atoms with Crippen molar-refractivity contribution in [3.63, 3.8) is 0 Å². The molecule has 96 valence electrons. The van der Waals surface area contributed by atoms with Crippen LogP contribution in [0.4, 0.5) is 13.2 Å². The SMILES string of the molecule is CCCN(CC(F)(F)F)C1CCC(N)CC1. The van der Waals surface area contributed by atoms with Gasteiger partial charge in [0.2, 0.25) is 0 Å². The molecule has 0 aromatic rings. The summed E-state index contributed by atoms with van der Waals surface area (Å²) in [5, 5.41) is 0. The Bertz CT molecular complexity index is 198. The Labute approximate surface area is 95.0 Å². The van der Waals surface area contributed by atoms with E-state index in [9.17, 15) is 13.2 Å². The second-order valence-corrected chi connectivity index (χ2v) is 4.65. The van der Waals surface area contributed by atoms with E-state index in [1.807, 2.05) is 6.92 Å². The summed E-state index contributed by atoms with van der Waals surface area (Å²) in [6, 6.07) is 0.256. The third-order valence-corrected chi connectivity index (χ3v) is 3.15. The van der Waals surface area contributed by atoms with Crippen molar-refractivity contribution in [2.75, 3.05) is 13.1 Å². The van der Waals surface area contributed by atoms with Crippen LogP contribution in [0.3, 0.4) is 0 Å². The number of halogens is 3. The van der Waals surface area contributed by atoms with E-state index < -0.39 is 12.7 Å². The second kappa shape index (κ2) is 5.87. The molecule has 1 fully saturated rings. The monoisotopic (exact) mass is 238 g/mol. The van der Waals surface area contributed by atoms with Crippen molar-refractivity contribution >= 4 is 0 Å². The number of alkyl halides is 3. The summed E-state index contributed by atoms with van der Waals surface area (Å²) in [6.45, 7) is 1.66. The molecule has 0 aromatic carbocycles. The van der Waals surface area contributed by atoms with Crippen molar-refractivity contribution in [3.05, 3.63) is 0 Å². The van der Waals surface area contributed by atoms with Crippen LogP contribution < -0.4 is 5.73 Å². The van der Waals surface area contributed by atoms with Crippen molar-refractivity contribution in [3.8, 4) is 0 Å². The van der Waals surface area contributed by atoms with Gasteiger partial charge in [0, 0.05) is 12.1 Å². The summed E-state index contributed by atoms with van der Waals surface area (Å²) in [6.07, 6.45) is -0.0205. The third-order valence-electron chi connectivity index (χ3n) is 3.15. The fourth-order valence-electron chi connectivity index (χ4n) is 2.37. The molecule has 1 aliphatic carbocycles. The van der Waals surface area contributed by atoms with Crippen LogP contribution in [0, 0.1) is 0 Å². The molecule has 0 amide bonds. The highest BCUT2D eigenvalue weighted by molar-refractivity contribution is 4.82. The van der Waals surface area contributed by atoms with Gasteiger partial charge in [-0.1, -0.05) is 6.92 Å². The molecule has 2 nitrogen and oxygen atoms in total. The molecule has 0 heterocycles. The van der Waals surface area contributed by atoms with Crippen molar-refractivity contribution in [1.29, 1.82) is 0 Å². The number of nitrogens with zero attached hydrogens (tertiary/aromatic N) is 1. The van der Waals surface area contributed by atoms with Gasteiger partial charge in [-0.2, -0.15) is 13.2 Å². The maximum atomic E-state index is 12.4. The van der Waals surface area contributed by atoms with E-state index in [0.717, 1.165) is 32.1 Å².